The highest BCUT2D eigenvalue weighted by molar-refractivity contribution is 6.30. The van der Waals surface area contributed by atoms with Crippen molar-refractivity contribution in [3.05, 3.63) is 107 Å². The molecule has 7 rings (SSSR count). The molecule has 2 atom stereocenters. The molecule has 3 aromatic rings. The Morgan fingerprint density at radius 3 is 1.97 bits per heavy atom. The van der Waals surface area contributed by atoms with Crippen LogP contribution in [0.15, 0.2) is 84.9 Å². The van der Waals surface area contributed by atoms with Gasteiger partial charge in [0, 0.05) is 24.0 Å². The van der Waals surface area contributed by atoms with Gasteiger partial charge in [0.2, 0.25) is 5.72 Å². The fourth-order valence-electron chi connectivity index (χ4n) is 6.16. The molecule has 0 N–H and O–H groups in total. The molecule has 4 saturated heterocycles. The molecule has 6 nitrogen and oxygen atoms in total. The largest absolute Gasteiger partial charge is 0.427 e. The Morgan fingerprint density at radius 2 is 1.39 bits per heavy atom. The fraction of sp³-hybridized carbons (Fsp3) is 0.310. The molecule has 2 bridgehead atoms. The summed E-state index contributed by atoms with van der Waals surface area (Å²) in [6.45, 7) is 1.58. The number of carbonyl (C=O) groups is 2. The number of rotatable bonds is 6. The molecule has 0 saturated carbocycles. The van der Waals surface area contributed by atoms with Crippen molar-refractivity contribution < 1.29 is 23.8 Å². The predicted octanol–water partition coefficient (Wildman–Crippen LogP) is 4.91. The van der Waals surface area contributed by atoms with Crippen LogP contribution in [0.3, 0.4) is 0 Å². The minimum absolute atomic E-state index is 0.137. The third-order valence-corrected chi connectivity index (χ3v) is 7.94. The molecule has 0 radical (unpaired) electrons. The van der Waals surface area contributed by atoms with Crippen LogP contribution < -0.4 is 0 Å². The van der Waals surface area contributed by atoms with E-state index in [1.165, 1.54) is 0 Å². The summed E-state index contributed by atoms with van der Waals surface area (Å²) in [5.74, 6) is -4.09. The van der Waals surface area contributed by atoms with E-state index in [9.17, 15) is 9.59 Å². The number of fused-ring (bicyclic) bond motifs is 2. The molecule has 4 fully saturated rings. The first-order valence-electron chi connectivity index (χ1n) is 12.2. The van der Waals surface area contributed by atoms with Crippen LogP contribution in [0.4, 0.5) is 0 Å². The van der Waals surface area contributed by atoms with Gasteiger partial charge in [0.05, 0.1) is 12.5 Å². The maximum Gasteiger partial charge on any atom is 0.420 e. The van der Waals surface area contributed by atoms with Gasteiger partial charge in [-0.3, -0.25) is 4.90 Å². The lowest BCUT2D eigenvalue weighted by atomic mass is 9.66. The zero-order chi connectivity index (χ0) is 24.8. The van der Waals surface area contributed by atoms with Crippen molar-refractivity contribution in [1.29, 1.82) is 0 Å². The van der Waals surface area contributed by atoms with Gasteiger partial charge in [0.1, 0.15) is 0 Å². The van der Waals surface area contributed by atoms with E-state index >= 15 is 0 Å². The number of hydrogen-bond donors (Lipinski definition) is 0. The maximum atomic E-state index is 13.0. The number of benzene rings is 3. The molecule has 7 heteroatoms. The molecule has 4 heterocycles. The van der Waals surface area contributed by atoms with Crippen molar-refractivity contribution >= 4 is 23.5 Å². The van der Waals surface area contributed by atoms with Crippen molar-refractivity contribution in [2.75, 3.05) is 13.1 Å². The fourth-order valence-corrected chi connectivity index (χ4v) is 6.28. The lowest BCUT2D eigenvalue weighted by Gasteiger charge is -2.65. The van der Waals surface area contributed by atoms with E-state index in [1.807, 2.05) is 72.8 Å². The topological polar surface area (TPSA) is 65.1 Å². The molecule has 2 unspecified atom stereocenters. The predicted molar refractivity (Wildman–Crippen MR) is 133 cm³/mol. The van der Waals surface area contributed by atoms with Gasteiger partial charge in [-0.2, -0.15) is 0 Å². The standard InChI is InChI=1S/C29H26ClNO5/c30-24-13-11-20(12-14-24)19-34-29-23-15-17-31(18-16-23)28(29,35-26(32)27(33)36-29)25(21-7-3-1-4-8-21)22-9-5-2-6-10-22/h1-14,23,25H,15-19H2. The number of nitrogens with zero attached hydrogens (tertiary/aromatic N) is 1. The summed E-state index contributed by atoms with van der Waals surface area (Å²) in [6.07, 6.45) is 1.53. The van der Waals surface area contributed by atoms with Crippen molar-refractivity contribution in [3.63, 3.8) is 0 Å². The Balaban J connectivity index is 1.55. The van der Waals surface area contributed by atoms with Crippen LogP contribution in [0.5, 0.6) is 0 Å². The second-order valence-corrected chi connectivity index (χ2v) is 10.0. The molecule has 0 aromatic heterocycles. The number of carbonyl (C=O) groups excluding carboxylic acids is 2. The third kappa shape index (κ3) is 3.55. The van der Waals surface area contributed by atoms with Crippen LogP contribution in [0.1, 0.15) is 35.4 Å². The summed E-state index contributed by atoms with van der Waals surface area (Å²) >= 11 is 6.08. The van der Waals surface area contributed by atoms with Gasteiger partial charge in [-0.25, -0.2) is 9.59 Å². The van der Waals surface area contributed by atoms with E-state index in [1.54, 1.807) is 12.1 Å². The van der Waals surface area contributed by atoms with Gasteiger partial charge in [-0.05, 0) is 41.7 Å². The molecule has 4 aliphatic rings. The highest BCUT2D eigenvalue weighted by atomic mass is 35.5. The Kier molecular flexibility index (Phi) is 5.83. The Bertz CT molecular complexity index is 1220. The van der Waals surface area contributed by atoms with Crippen LogP contribution in [-0.4, -0.2) is 41.4 Å². The zero-order valence-electron chi connectivity index (χ0n) is 19.6. The van der Waals surface area contributed by atoms with Crippen molar-refractivity contribution in [3.8, 4) is 0 Å². The SMILES string of the molecule is O=C1OC2(OCc3ccc(Cl)cc3)C3CCN(CC3)C2(C(c2ccccc2)c2ccccc2)OC1=O. The molecule has 3 aromatic carbocycles. The van der Waals surface area contributed by atoms with Gasteiger partial charge in [-0.1, -0.05) is 84.4 Å². The van der Waals surface area contributed by atoms with Gasteiger partial charge in [-0.15, -0.1) is 0 Å². The highest BCUT2D eigenvalue weighted by Gasteiger charge is 2.76. The smallest absolute Gasteiger partial charge is 0.420 e. The minimum Gasteiger partial charge on any atom is -0.427 e. The molecule has 4 aliphatic heterocycles. The van der Waals surface area contributed by atoms with Gasteiger partial charge in [0.15, 0.2) is 0 Å². The summed E-state index contributed by atoms with van der Waals surface area (Å²) in [4.78, 5) is 27.9. The average molecular weight is 504 g/mol. The Hall–Kier alpha value is -3.19. The minimum atomic E-state index is -1.48. The number of halogens is 1. The lowest BCUT2D eigenvalue weighted by molar-refractivity contribution is -0.417. The van der Waals surface area contributed by atoms with E-state index < -0.39 is 29.4 Å². The van der Waals surface area contributed by atoms with Crippen LogP contribution in [-0.2, 0) is 30.4 Å². The first-order valence-corrected chi connectivity index (χ1v) is 12.6. The summed E-state index contributed by atoms with van der Waals surface area (Å²) in [6, 6.07) is 27.2. The van der Waals surface area contributed by atoms with E-state index in [0.717, 1.165) is 29.5 Å². The zero-order valence-corrected chi connectivity index (χ0v) is 20.4. The Morgan fingerprint density at radius 1 is 0.833 bits per heavy atom. The maximum absolute atomic E-state index is 13.0. The first kappa shape index (κ1) is 23.2. The third-order valence-electron chi connectivity index (χ3n) is 7.68. The van der Waals surface area contributed by atoms with Gasteiger partial charge < -0.3 is 14.2 Å². The van der Waals surface area contributed by atoms with E-state index in [4.69, 9.17) is 25.8 Å². The van der Waals surface area contributed by atoms with Crippen molar-refractivity contribution in [1.82, 2.24) is 4.90 Å². The molecule has 184 valence electrons. The van der Waals surface area contributed by atoms with Crippen LogP contribution >= 0.6 is 11.6 Å². The van der Waals surface area contributed by atoms with Crippen molar-refractivity contribution in [2.45, 2.75) is 36.9 Å². The van der Waals surface area contributed by atoms with E-state index in [2.05, 4.69) is 4.90 Å². The molecule has 0 spiro atoms. The van der Waals surface area contributed by atoms with Crippen molar-refractivity contribution in [2.24, 2.45) is 5.92 Å². The summed E-state index contributed by atoms with van der Waals surface area (Å²) in [7, 11) is 0. The van der Waals surface area contributed by atoms with Gasteiger partial charge >= 0.3 is 11.9 Å². The molecule has 0 aliphatic carbocycles. The van der Waals surface area contributed by atoms with Gasteiger partial charge in [0.25, 0.3) is 5.79 Å². The van der Waals surface area contributed by atoms with Crippen LogP contribution in [0.2, 0.25) is 5.02 Å². The molecular weight excluding hydrogens is 478 g/mol. The summed E-state index contributed by atoms with van der Waals surface area (Å²) in [5.41, 5.74) is 1.40. The normalized spacial score (nSPS) is 28.9. The molecule has 36 heavy (non-hydrogen) atoms. The quantitative estimate of drug-likeness (QED) is 0.352. The molecule has 0 amide bonds. The Labute approximate surface area is 214 Å². The van der Waals surface area contributed by atoms with E-state index in [0.29, 0.717) is 18.1 Å². The number of piperidine rings is 3. The number of hydrogen-bond acceptors (Lipinski definition) is 6. The van der Waals surface area contributed by atoms with Crippen LogP contribution in [0.25, 0.3) is 0 Å². The lowest BCUT2D eigenvalue weighted by Crippen LogP contribution is -2.82. The summed E-state index contributed by atoms with van der Waals surface area (Å²) in [5, 5.41) is 0.625. The van der Waals surface area contributed by atoms with Crippen LogP contribution in [0, 0.1) is 5.92 Å². The highest BCUT2D eigenvalue weighted by Crippen LogP contribution is 2.59. The van der Waals surface area contributed by atoms with E-state index in [-0.39, 0.29) is 12.5 Å². The average Bonchev–Trinajstić information content (AvgIpc) is 2.92. The number of esters is 2. The monoisotopic (exact) mass is 503 g/mol. The number of ether oxygens (including phenoxy) is 3. The first-order chi connectivity index (χ1) is 17.5. The molecular formula is C29H26ClNO5. The second-order valence-electron chi connectivity index (χ2n) is 9.57. The summed E-state index contributed by atoms with van der Waals surface area (Å²) < 4.78 is 19.0. The second kappa shape index (κ2) is 9.04.